The van der Waals surface area contributed by atoms with Gasteiger partial charge in [-0.1, -0.05) is 15.9 Å². The molecule has 0 aromatic heterocycles. The van der Waals surface area contributed by atoms with Crippen LogP contribution in [0.25, 0.3) is 0 Å². The average molecular weight is 504 g/mol. The first-order valence-electron chi connectivity index (χ1n) is 7.20. The Morgan fingerprint density at radius 1 is 1.26 bits per heavy atom. The van der Waals surface area contributed by atoms with Crippen molar-refractivity contribution in [2.75, 3.05) is 19.0 Å². The van der Waals surface area contributed by atoms with Crippen LogP contribution in [0.3, 0.4) is 0 Å². The molecule has 0 heterocycles. The van der Waals surface area contributed by atoms with E-state index in [1.165, 1.54) is 25.3 Å². The molecule has 1 amide bonds. The fourth-order valence-corrected chi connectivity index (χ4v) is 3.24. The highest BCUT2D eigenvalue weighted by molar-refractivity contribution is 9.11. The van der Waals surface area contributed by atoms with Crippen molar-refractivity contribution in [3.8, 4) is 11.5 Å². The molecule has 0 saturated heterocycles. The second-order valence-corrected chi connectivity index (χ2v) is 6.82. The molecular formula is C16H12Br2N2O7. The number of amides is 1. The highest BCUT2D eigenvalue weighted by Gasteiger charge is 2.19. The number of aromatic hydroxyl groups is 1. The van der Waals surface area contributed by atoms with Crippen molar-refractivity contribution in [1.29, 1.82) is 0 Å². The van der Waals surface area contributed by atoms with Crippen molar-refractivity contribution in [3.05, 3.63) is 55.0 Å². The Labute approximate surface area is 169 Å². The van der Waals surface area contributed by atoms with E-state index in [0.717, 1.165) is 6.07 Å². The number of nitrogens with one attached hydrogen (secondary N) is 1. The van der Waals surface area contributed by atoms with Crippen LogP contribution >= 0.6 is 31.9 Å². The molecular weight excluding hydrogens is 492 g/mol. The first kappa shape index (κ1) is 20.6. The van der Waals surface area contributed by atoms with Gasteiger partial charge in [0.25, 0.3) is 11.6 Å². The van der Waals surface area contributed by atoms with Crippen molar-refractivity contribution in [2.24, 2.45) is 0 Å². The van der Waals surface area contributed by atoms with E-state index >= 15 is 0 Å². The van der Waals surface area contributed by atoms with Gasteiger partial charge in [0.2, 0.25) is 0 Å². The third kappa shape index (κ3) is 5.17. The van der Waals surface area contributed by atoms with E-state index in [1.807, 2.05) is 0 Å². The molecule has 0 aliphatic heterocycles. The van der Waals surface area contributed by atoms with Gasteiger partial charge >= 0.3 is 5.97 Å². The number of benzene rings is 2. The van der Waals surface area contributed by atoms with Gasteiger partial charge in [-0.25, -0.2) is 4.79 Å². The van der Waals surface area contributed by atoms with Crippen molar-refractivity contribution in [1.82, 2.24) is 0 Å². The molecule has 0 aliphatic carbocycles. The Hall–Kier alpha value is -2.66. The van der Waals surface area contributed by atoms with Crippen LogP contribution in [0.2, 0.25) is 0 Å². The Morgan fingerprint density at radius 2 is 1.96 bits per heavy atom. The SMILES string of the molecule is COc1cc([N+](=O)[O-])ccc1NC(=O)COC(=O)c1cc(Br)cc(Br)c1O. The standard InChI is InChI=1S/C16H12Br2N2O7/c1-26-13-6-9(20(24)25)2-3-12(13)19-14(21)7-27-16(23)10-4-8(17)5-11(18)15(10)22/h2-6,22H,7H2,1H3,(H,19,21). The second kappa shape index (κ2) is 8.82. The summed E-state index contributed by atoms with van der Waals surface area (Å²) in [5.41, 5.74) is -0.152. The first-order valence-corrected chi connectivity index (χ1v) is 8.79. The molecule has 0 saturated carbocycles. The number of nitro benzene ring substituents is 1. The van der Waals surface area contributed by atoms with Crippen LogP contribution in [-0.4, -0.2) is 35.6 Å². The van der Waals surface area contributed by atoms with Crippen LogP contribution in [0, 0.1) is 10.1 Å². The first-order chi connectivity index (χ1) is 12.7. The fraction of sp³-hybridized carbons (Fsp3) is 0.125. The van der Waals surface area contributed by atoms with Gasteiger partial charge in [-0.2, -0.15) is 0 Å². The van der Waals surface area contributed by atoms with Crippen LogP contribution in [-0.2, 0) is 9.53 Å². The molecule has 11 heteroatoms. The Morgan fingerprint density at radius 3 is 2.59 bits per heavy atom. The van der Waals surface area contributed by atoms with Crippen LogP contribution in [0.15, 0.2) is 39.3 Å². The third-order valence-electron chi connectivity index (χ3n) is 3.25. The molecule has 0 spiro atoms. The number of non-ortho nitro benzene ring substituents is 1. The predicted octanol–water partition coefficient (Wildman–Crippen LogP) is 3.63. The van der Waals surface area contributed by atoms with Gasteiger partial charge in [-0.15, -0.1) is 0 Å². The molecule has 0 bridgehead atoms. The van der Waals surface area contributed by atoms with Crippen molar-refractivity contribution in [2.45, 2.75) is 0 Å². The molecule has 0 fully saturated rings. The lowest BCUT2D eigenvalue weighted by Gasteiger charge is -2.11. The summed E-state index contributed by atoms with van der Waals surface area (Å²) in [5, 5.41) is 23.1. The number of hydrogen-bond donors (Lipinski definition) is 2. The number of rotatable bonds is 6. The monoisotopic (exact) mass is 502 g/mol. The molecule has 2 aromatic rings. The largest absolute Gasteiger partial charge is 0.506 e. The maximum Gasteiger partial charge on any atom is 0.342 e. The number of phenolic OH excluding ortho intramolecular Hbond substituents is 1. The molecule has 142 valence electrons. The van der Waals surface area contributed by atoms with Gasteiger partial charge < -0.3 is 19.9 Å². The zero-order valence-electron chi connectivity index (χ0n) is 13.7. The molecule has 2 aromatic carbocycles. The Bertz CT molecular complexity index is 918. The van der Waals surface area contributed by atoms with E-state index in [0.29, 0.717) is 4.47 Å². The fourth-order valence-electron chi connectivity index (χ4n) is 2.01. The summed E-state index contributed by atoms with van der Waals surface area (Å²) in [6.45, 7) is -0.636. The molecule has 2 N–H and O–H groups in total. The lowest BCUT2D eigenvalue weighted by Crippen LogP contribution is -2.21. The number of nitro groups is 1. The van der Waals surface area contributed by atoms with Crippen LogP contribution in [0.5, 0.6) is 11.5 Å². The number of methoxy groups -OCH3 is 1. The summed E-state index contributed by atoms with van der Waals surface area (Å²) in [5.74, 6) is -1.83. The highest BCUT2D eigenvalue weighted by Crippen LogP contribution is 2.32. The zero-order valence-corrected chi connectivity index (χ0v) is 16.9. The van der Waals surface area contributed by atoms with E-state index in [1.54, 1.807) is 6.07 Å². The zero-order chi connectivity index (χ0) is 20.1. The van der Waals surface area contributed by atoms with Gasteiger partial charge in [0.1, 0.15) is 17.1 Å². The Balaban J connectivity index is 2.05. The highest BCUT2D eigenvalue weighted by atomic mass is 79.9. The average Bonchev–Trinajstić information content (AvgIpc) is 2.62. The maximum absolute atomic E-state index is 12.1. The molecule has 0 unspecified atom stereocenters. The summed E-state index contributed by atoms with van der Waals surface area (Å²) < 4.78 is 10.7. The minimum absolute atomic E-state index is 0.0810. The minimum Gasteiger partial charge on any atom is -0.506 e. The molecule has 9 nitrogen and oxygen atoms in total. The molecule has 2 rings (SSSR count). The summed E-state index contributed by atoms with van der Waals surface area (Å²) in [7, 11) is 1.29. The second-order valence-electron chi connectivity index (χ2n) is 5.05. The quantitative estimate of drug-likeness (QED) is 0.350. The molecule has 0 atom stereocenters. The number of ether oxygens (including phenoxy) is 2. The smallest absolute Gasteiger partial charge is 0.342 e. The topological polar surface area (TPSA) is 128 Å². The summed E-state index contributed by atoms with van der Waals surface area (Å²) >= 11 is 6.27. The van der Waals surface area contributed by atoms with Crippen LogP contribution < -0.4 is 10.1 Å². The summed E-state index contributed by atoms with van der Waals surface area (Å²) in [6.07, 6.45) is 0. The van der Waals surface area contributed by atoms with Gasteiger partial charge in [-0.05, 0) is 34.1 Å². The van der Waals surface area contributed by atoms with Crippen LogP contribution in [0.4, 0.5) is 11.4 Å². The van der Waals surface area contributed by atoms with Gasteiger partial charge in [0, 0.05) is 10.5 Å². The number of halogens is 2. The lowest BCUT2D eigenvalue weighted by molar-refractivity contribution is -0.384. The Kier molecular flexibility index (Phi) is 6.75. The predicted molar refractivity (Wildman–Crippen MR) is 102 cm³/mol. The summed E-state index contributed by atoms with van der Waals surface area (Å²) in [6, 6.07) is 6.53. The number of carbonyl (C=O) groups excluding carboxylic acids is 2. The van der Waals surface area contributed by atoms with Crippen molar-refractivity contribution < 1.29 is 29.1 Å². The maximum atomic E-state index is 12.1. The number of nitrogens with zero attached hydrogens (tertiary/aromatic N) is 1. The van der Waals surface area contributed by atoms with Crippen molar-refractivity contribution in [3.63, 3.8) is 0 Å². The molecule has 27 heavy (non-hydrogen) atoms. The van der Waals surface area contributed by atoms with Gasteiger partial charge in [-0.3, -0.25) is 14.9 Å². The van der Waals surface area contributed by atoms with E-state index in [-0.39, 0.29) is 32.9 Å². The van der Waals surface area contributed by atoms with Gasteiger partial charge in [0.05, 0.1) is 28.3 Å². The minimum atomic E-state index is -0.902. The molecule has 0 aliphatic rings. The number of carbonyl (C=O) groups is 2. The van der Waals surface area contributed by atoms with Crippen molar-refractivity contribution >= 4 is 55.1 Å². The van der Waals surface area contributed by atoms with Gasteiger partial charge in [0.15, 0.2) is 6.61 Å². The number of esters is 1. The number of hydrogen-bond acceptors (Lipinski definition) is 7. The number of phenols is 1. The normalized spacial score (nSPS) is 10.2. The van der Waals surface area contributed by atoms with E-state index in [2.05, 4.69) is 37.2 Å². The number of anilines is 1. The third-order valence-corrected chi connectivity index (χ3v) is 4.31. The van der Waals surface area contributed by atoms with E-state index in [9.17, 15) is 24.8 Å². The van der Waals surface area contributed by atoms with E-state index < -0.39 is 23.4 Å². The molecule has 0 radical (unpaired) electrons. The summed E-state index contributed by atoms with van der Waals surface area (Å²) in [4.78, 5) is 34.2. The van der Waals surface area contributed by atoms with Crippen LogP contribution in [0.1, 0.15) is 10.4 Å². The lowest BCUT2D eigenvalue weighted by atomic mass is 10.2. The van der Waals surface area contributed by atoms with E-state index in [4.69, 9.17) is 9.47 Å².